The number of benzene rings is 1. The number of fused-ring (bicyclic) bond motifs is 2. The smallest absolute Gasteiger partial charge is 0.243 e. The molecule has 5 aliphatic rings. The number of hydrogen-bond donors (Lipinski definition) is 0. The van der Waals surface area contributed by atoms with Gasteiger partial charge in [-0.05, 0) is 83.0 Å². The van der Waals surface area contributed by atoms with Crippen molar-refractivity contribution in [3.05, 3.63) is 35.4 Å². The molecule has 2 fully saturated rings. The quantitative estimate of drug-likeness (QED) is 0.281. The summed E-state index contributed by atoms with van der Waals surface area (Å²) in [4.78, 5) is 0. The Balaban J connectivity index is 1.89. The van der Waals surface area contributed by atoms with Gasteiger partial charge < -0.3 is 0 Å². The Morgan fingerprint density at radius 2 is 1.12 bits per heavy atom. The van der Waals surface area contributed by atoms with E-state index in [1.807, 2.05) is 14.1 Å². The predicted molar refractivity (Wildman–Crippen MR) is 143 cm³/mol. The van der Waals surface area contributed by atoms with Crippen LogP contribution in [-0.4, -0.2) is 59.0 Å². The third kappa shape index (κ3) is 4.52. The summed E-state index contributed by atoms with van der Waals surface area (Å²) in [6.45, 7) is 4.57. The van der Waals surface area contributed by atoms with Crippen molar-refractivity contribution in [3.63, 3.8) is 0 Å². The Hall–Kier alpha value is 1.14. The third-order valence-electron chi connectivity index (χ3n) is 6.10. The molecular weight excluding hydrogens is 570 g/mol. The summed E-state index contributed by atoms with van der Waals surface area (Å²) in [6.07, 6.45) is 1.97. The predicted octanol–water partition coefficient (Wildman–Crippen LogP) is 8.73. The zero-order chi connectivity index (χ0) is 22.8. The maximum Gasteiger partial charge on any atom is 0.257 e. The van der Waals surface area contributed by atoms with E-state index in [1.54, 1.807) is 0 Å². The molecule has 2 unspecified atom stereocenters. The molecular formula is C16H26Cl4N8P4. The van der Waals surface area contributed by atoms with Crippen LogP contribution in [0.2, 0.25) is 0 Å². The van der Waals surface area contributed by atoms with Gasteiger partial charge in [0.2, 0.25) is 15.0 Å². The van der Waals surface area contributed by atoms with Crippen molar-refractivity contribution in [2.45, 2.75) is 25.9 Å². The first-order chi connectivity index (χ1) is 15.0. The fourth-order valence-corrected chi connectivity index (χ4v) is 24.9. The Morgan fingerprint density at radius 1 is 0.688 bits per heavy atom. The van der Waals surface area contributed by atoms with Gasteiger partial charge in [-0.1, -0.05) is 24.3 Å². The second-order valence-corrected chi connectivity index (χ2v) is 24.4. The van der Waals surface area contributed by atoms with E-state index < -0.39 is 26.8 Å². The van der Waals surface area contributed by atoms with E-state index in [1.165, 1.54) is 11.1 Å². The molecule has 5 heterocycles. The summed E-state index contributed by atoms with van der Waals surface area (Å²) in [5.41, 5.74) is 2.41. The van der Waals surface area contributed by atoms with Crippen LogP contribution in [0.4, 0.5) is 0 Å². The fraction of sp³-hybridized carbons (Fsp3) is 0.625. The lowest BCUT2D eigenvalue weighted by atomic mass is 10.1. The van der Waals surface area contributed by atoms with Gasteiger partial charge in [0.1, 0.15) is 0 Å². The molecule has 2 spiro atoms. The summed E-state index contributed by atoms with van der Waals surface area (Å²) in [5, 5.41) is 0. The van der Waals surface area contributed by atoms with Gasteiger partial charge in [-0.2, -0.15) is 18.1 Å². The van der Waals surface area contributed by atoms with E-state index in [0.29, 0.717) is 13.1 Å². The molecule has 0 aromatic heterocycles. The van der Waals surface area contributed by atoms with Crippen LogP contribution in [0.25, 0.3) is 0 Å². The summed E-state index contributed by atoms with van der Waals surface area (Å²) < 4.78 is 29.2. The molecule has 6 rings (SSSR count). The SMILES string of the molecule is CN1CCCN2Cc3cccc(c3)CN3CCCN(C)P34=NP(Cl)(Cl)=NP12=NP(Cl)(Cl)=N4. The van der Waals surface area contributed by atoms with Crippen LogP contribution in [0.3, 0.4) is 0 Å². The van der Waals surface area contributed by atoms with Gasteiger partial charge in [-0.25, -0.2) is 18.7 Å². The first-order valence-corrected chi connectivity index (χ1v) is 20.6. The van der Waals surface area contributed by atoms with E-state index in [2.05, 4.69) is 42.9 Å². The average Bonchev–Trinajstić information content (AvgIpc) is 2.67. The lowest BCUT2D eigenvalue weighted by Gasteiger charge is -2.47. The van der Waals surface area contributed by atoms with Gasteiger partial charge in [-0.15, -0.1) is 0 Å². The van der Waals surface area contributed by atoms with E-state index in [0.717, 1.165) is 39.0 Å². The van der Waals surface area contributed by atoms with Gasteiger partial charge in [0, 0.05) is 39.3 Å². The summed E-state index contributed by atoms with van der Waals surface area (Å²) in [5.74, 6) is -6.28. The average molecular weight is 596 g/mol. The van der Waals surface area contributed by atoms with Crippen LogP contribution in [0.15, 0.2) is 42.3 Å². The van der Waals surface area contributed by atoms with Crippen LogP contribution in [0.1, 0.15) is 24.0 Å². The number of hydrogen-bond acceptors (Lipinski definition) is 8. The number of halogens is 4. The maximum absolute atomic E-state index is 7.00. The fourth-order valence-electron chi connectivity index (χ4n) is 4.68. The van der Waals surface area contributed by atoms with Gasteiger partial charge >= 0.3 is 0 Å². The molecule has 0 radical (unpaired) electrons. The van der Waals surface area contributed by atoms with Crippen molar-refractivity contribution in [1.29, 1.82) is 0 Å². The summed E-state index contributed by atoms with van der Waals surface area (Å²) in [7, 11) is -1.54. The monoisotopic (exact) mass is 594 g/mol. The lowest BCUT2D eigenvalue weighted by molar-refractivity contribution is 0.330. The van der Waals surface area contributed by atoms with Crippen LogP contribution in [-0.2, 0) is 13.1 Å². The standard InChI is InChI=1S/C16H26Cl4N8P4/c1-25-8-4-10-27-13-15-6-3-7-16(12-15)14-28-11-5-9-26(2)32(28)23-29(17,18)21-31(25,27)22-30(19,20)24-32/h3,6-7,12H,4-5,8-11,13-14H2,1-2H3. The van der Waals surface area contributed by atoms with Crippen LogP contribution in [0.5, 0.6) is 0 Å². The van der Waals surface area contributed by atoms with Crippen LogP contribution >= 0.6 is 71.8 Å². The molecule has 0 amide bonds. The molecule has 0 saturated carbocycles. The minimum atomic E-state index is -3.14. The molecule has 16 heteroatoms. The molecule has 1 aromatic rings. The Bertz CT molecular complexity index is 1080. The van der Waals surface area contributed by atoms with Crippen LogP contribution < -0.4 is 0 Å². The molecule has 5 aliphatic heterocycles. The second kappa shape index (κ2) is 8.91. The highest BCUT2D eigenvalue weighted by molar-refractivity contribution is 8.16. The molecule has 4 bridgehead atoms. The first kappa shape index (κ1) is 24.8. The largest absolute Gasteiger partial charge is 0.257 e. The van der Waals surface area contributed by atoms with E-state index in [-0.39, 0.29) is 0 Å². The highest BCUT2D eigenvalue weighted by Gasteiger charge is 2.46. The van der Waals surface area contributed by atoms with Gasteiger partial charge in [-0.3, -0.25) is 0 Å². The first-order valence-electron chi connectivity index (χ1n) is 10.4. The van der Waals surface area contributed by atoms with Gasteiger partial charge in [0.15, 0.2) is 0 Å². The van der Waals surface area contributed by atoms with E-state index in [4.69, 9.17) is 63.0 Å². The Labute approximate surface area is 209 Å². The van der Waals surface area contributed by atoms with Crippen LogP contribution in [0, 0.1) is 0 Å². The zero-order valence-electron chi connectivity index (χ0n) is 17.8. The Morgan fingerprint density at radius 3 is 1.56 bits per heavy atom. The van der Waals surface area contributed by atoms with Crippen molar-refractivity contribution in [2.24, 2.45) is 18.1 Å². The minimum absolute atomic E-state index is 0.667. The van der Waals surface area contributed by atoms with Crippen molar-refractivity contribution in [3.8, 4) is 0 Å². The Kier molecular flexibility index (Phi) is 6.91. The lowest BCUT2D eigenvalue weighted by Crippen LogP contribution is -2.37. The second-order valence-electron chi connectivity index (χ2n) is 8.41. The van der Waals surface area contributed by atoms with Crippen molar-refractivity contribution < 1.29 is 0 Å². The maximum atomic E-state index is 7.00. The highest BCUT2D eigenvalue weighted by atomic mass is 35.9. The van der Waals surface area contributed by atoms with E-state index in [9.17, 15) is 0 Å². The molecule has 1 aromatic carbocycles. The van der Waals surface area contributed by atoms with Gasteiger partial charge in [0.05, 0.1) is 0 Å². The zero-order valence-corrected chi connectivity index (χ0v) is 24.4. The molecule has 2 saturated heterocycles. The minimum Gasteiger partial charge on any atom is -0.243 e. The summed E-state index contributed by atoms with van der Waals surface area (Å²) >= 11 is 28.0. The molecule has 32 heavy (non-hydrogen) atoms. The van der Waals surface area contributed by atoms with Crippen molar-refractivity contribution in [2.75, 3.05) is 40.3 Å². The normalized spacial score (nSPS) is 35.4. The molecule has 178 valence electrons. The number of rotatable bonds is 0. The summed E-state index contributed by atoms with van der Waals surface area (Å²) in [6, 6.07) is 8.69. The van der Waals surface area contributed by atoms with Crippen molar-refractivity contribution in [1.82, 2.24) is 18.7 Å². The number of nitrogens with zero attached hydrogens (tertiary/aromatic N) is 8. The molecule has 2 atom stereocenters. The topological polar surface area (TPSA) is 62.4 Å². The van der Waals surface area contributed by atoms with Gasteiger partial charge in [0.25, 0.3) is 11.8 Å². The molecule has 8 nitrogen and oxygen atoms in total. The third-order valence-corrected chi connectivity index (χ3v) is 22.7. The van der Waals surface area contributed by atoms with Crippen molar-refractivity contribution >= 4 is 71.8 Å². The highest BCUT2D eigenvalue weighted by Crippen LogP contribution is 2.86. The van der Waals surface area contributed by atoms with E-state index >= 15 is 0 Å². The molecule has 0 N–H and O–H groups in total. The molecule has 0 aliphatic carbocycles.